The maximum Gasteiger partial charge on any atom is 0.238 e. The van der Waals surface area contributed by atoms with Gasteiger partial charge in [0.05, 0.1) is 24.8 Å². The summed E-state index contributed by atoms with van der Waals surface area (Å²) in [5.74, 6) is 1.56. The molecule has 0 radical (unpaired) electrons. The smallest absolute Gasteiger partial charge is 0.238 e. The van der Waals surface area contributed by atoms with Crippen molar-refractivity contribution in [1.29, 1.82) is 0 Å². The third-order valence-electron chi connectivity index (χ3n) is 5.68. The molecule has 1 atom stereocenters. The van der Waals surface area contributed by atoms with Gasteiger partial charge in [-0.05, 0) is 61.7 Å². The monoisotopic (exact) mass is 464 g/mol. The molecule has 0 amide bonds. The molecule has 5 rings (SSSR count). The van der Waals surface area contributed by atoms with Crippen LogP contribution in [0.15, 0.2) is 42.9 Å². The maximum absolute atomic E-state index is 13.5. The first kappa shape index (κ1) is 21.3. The predicted octanol–water partition coefficient (Wildman–Crippen LogP) is 5.06. The quantitative estimate of drug-likeness (QED) is 0.412. The second-order valence-corrected chi connectivity index (χ2v) is 8.34. The molecule has 4 heterocycles. The molecule has 0 N–H and O–H groups in total. The van der Waals surface area contributed by atoms with E-state index in [4.69, 9.17) is 21.3 Å². The number of imidazole rings is 1. The van der Waals surface area contributed by atoms with Crippen LogP contribution in [0, 0.1) is 12.7 Å². The van der Waals surface area contributed by atoms with Crippen molar-refractivity contribution in [2.75, 3.05) is 7.11 Å². The molecule has 33 heavy (non-hydrogen) atoms. The molecule has 7 nitrogen and oxygen atoms in total. The lowest BCUT2D eigenvalue weighted by Crippen LogP contribution is -2.18. The number of fused-ring (bicyclic) bond motifs is 1. The predicted molar refractivity (Wildman–Crippen MR) is 124 cm³/mol. The van der Waals surface area contributed by atoms with Gasteiger partial charge in [0.25, 0.3) is 0 Å². The molecule has 0 fully saturated rings. The number of nitrogens with zero attached hydrogens (tertiary/aromatic N) is 6. The second kappa shape index (κ2) is 8.78. The molecule has 9 heteroatoms. The van der Waals surface area contributed by atoms with Gasteiger partial charge >= 0.3 is 0 Å². The van der Waals surface area contributed by atoms with Gasteiger partial charge in [0.2, 0.25) is 5.88 Å². The van der Waals surface area contributed by atoms with E-state index in [9.17, 15) is 4.39 Å². The average molecular weight is 465 g/mol. The van der Waals surface area contributed by atoms with Gasteiger partial charge in [-0.2, -0.15) is 5.10 Å². The highest BCUT2D eigenvalue weighted by Crippen LogP contribution is 2.36. The number of methoxy groups -OCH3 is 1. The molecular formula is C24H22ClFN6O. The second-order valence-electron chi connectivity index (χ2n) is 7.93. The Labute approximate surface area is 195 Å². The summed E-state index contributed by atoms with van der Waals surface area (Å²) in [6.07, 6.45) is 9.17. The van der Waals surface area contributed by atoms with Crippen molar-refractivity contribution >= 4 is 23.8 Å². The molecule has 4 aromatic rings. The van der Waals surface area contributed by atoms with Gasteiger partial charge in [-0.25, -0.2) is 24.0 Å². The molecule has 0 bridgehead atoms. The Kier molecular flexibility index (Phi) is 5.68. The number of rotatable bonds is 5. The summed E-state index contributed by atoms with van der Waals surface area (Å²) in [5, 5.41) is 5.04. The Morgan fingerprint density at radius 3 is 2.82 bits per heavy atom. The number of hydrogen-bond acceptors (Lipinski definition) is 5. The number of benzene rings is 1. The Bertz CT molecular complexity index is 1340. The fourth-order valence-corrected chi connectivity index (χ4v) is 4.42. The molecule has 0 spiro atoms. The van der Waals surface area contributed by atoms with Crippen LogP contribution in [0.1, 0.15) is 47.4 Å². The van der Waals surface area contributed by atoms with Crippen molar-refractivity contribution in [3.05, 3.63) is 82.3 Å². The summed E-state index contributed by atoms with van der Waals surface area (Å²) >= 11 is 6.33. The van der Waals surface area contributed by atoms with Gasteiger partial charge in [-0.1, -0.05) is 17.7 Å². The van der Waals surface area contributed by atoms with E-state index >= 15 is 0 Å². The van der Waals surface area contributed by atoms with E-state index in [1.165, 1.54) is 12.1 Å². The van der Waals surface area contributed by atoms with Gasteiger partial charge in [0.15, 0.2) is 5.82 Å². The molecule has 1 unspecified atom stereocenters. The van der Waals surface area contributed by atoms with Crippen LogP contribution in [-0.2, 0) is 6.54 Å². The van der Waals surface area contributed by atoms with Crippen molar-refractivity contribution in [3.8, 4) is 11.6 Å². The van der Waals surface area contributed by atoms with Crippen molar-refractivity contribution in [2.24, 2.45) is 0 Å². The van der Waals surface area contributed by atoms with E-state index in [0.717, 1.165) is 47.8 Å². The summed E-state index contributed by atoms with van der Waals surface area (Å²) < 4.78 is 22.8. The van der Waals surface area contributed by atoms with Gasteiger partial charge in [0.1, 0.15) is 17.3 Å². The Morgan fingerprint density at radius 2 is 2.06 bits per heavy atom. The number of halogens is 2. The average Bonchev–Trinajstić information content (AvgIpc) is 3.43. The minimum absolute atomic E-state index is 0.0161. The SMILES string of the molecule is COc1nc(C=Cc2nc3n(n2)CCCC3c2ccc(F)cc2Cl)ccc1-n1cnc(C)c1. The first-order valence-electron chi connectivity index (χ1n) is 10.7. The molecule has 3 aromatic heterocycles. The van der Waals surface area contributed by atoms with Crippen LogP contribution in [0.4, 0.5) is 4.39 Å². The summed E-state index contributed by atoms with van der Waals surface area (Å²) in [5.41, 5.74) is 3.32. The normalized spacial score (nSPS) is 15.7. The lowest BCUT2D eigenvalue weighted by molar-refractivity contribution is 0.395. The van der Waals surface area contributed by atoms with E-state index < -0.39 is 0 Å². The van der Waals surface area contributed by atoms with Crippen LogP contribution in [-0.4, -0.2) is 36.4 Å². The topological polar surface area (TPSA) is 70.7 Å². The van der Waals surface area contributed by atoms with E-state index in [2.05, 4.69) is 15.1 Å². The minimum atomic E-state index is -0.346. The fraction of sp³-hybridized carbons (Fsp3) is 0.250. The van der Waals surface area contributed by atoms with Crippen LogP contribution in [0.5, 0.6) is 5.88 Å². The Morgan fingerprint density at radius 1 is 1.18 bits per heavy atom. The number of hydrogen-bond donors (Lipinski definition) is 0. The molecule has 0 saturated heterocycles. The maximum atomic E-state index is 13.5. The van der Waals surface area contributed by atoms with E-state index in [-0.39, 0.29) is 11.7 Å². The van der Waals surface area contributed by atoms with E-state index in [0.29, 0.717) is 16.7 Å². The van der Waals surface area contributed by atoms with Crippen LogP contribution < -0.4 is 4.74 Å². The summed E-state index contributed by atoms with van der Waals surface area (Å²) in [6, 6.07) is 8.36. The van der Waals surface area contributed by atoms with E-state index in [1.54, 1.807) is 19.5 Å². The molecule has 0 aliphatic carbocycles. The molecular weight excluding hydrogens is 443 g/mol. The minimum Gasteiger partial charge on any atom is -0.479 e. The largest absolute Gasteiger partial charge is 0.479 e. The zero-order valence-electron chi connectivity index (χ0n) is 18.2. The number of ether oxygens (including phenoxy) is 1. The first-order valence-corrected chi connectivity index (χ1v) is 11.0. The van der Waals surface area contributed by atoms with Gasteiger partial charge < -0.3 is 9.30 Å². The van der Waals surface area contributed by atoms with Crippen LogP contribution in [0.25, 0.3) is 17.8 Å². The van der Waals surface area contributed by atoms with Gasteiger partial charge in [-0.3, -0.25) is 0 Å². The highest BCUT2D eigenvalue weighted by Gasteiger charge is 2.27. The first-order chi connectivity index (χ1) is 16.0. The lowest BCUT2D eigenvalue weighted by atomic mass is 9.91. The molecule has 0 saturated carbocycles. The van der Waals surface area contributed by atoms with E-state index in [1.807, 2.05) is 46.7 Å². The molecule has 1 aliphatic rings. The lowest BCUT2D eigenvalue weighted by Gasteiger charge is -2.23. The van der Waals surface area contributed by atoms with Crippen molar-refractivity contribution in [2.45, 2.75) is 32.2 Å². The molecule has 168 valence electrons. The van der Waals surface area contributed by atoms with Gasteiger partial charge in [0, 0.05) is 23.7 Å². The Hall–Kier alpha value is -3.52. The number of aromatic nitrogens is 6. The standard InChI is InChI=1S/C24H22ClFN6O/c1-15-13-31(14-27-15)21-9-6-17(28-24(21)33-2)7-10-22-29-23-19(4-3-11-32(23)30-22)18-8-5-16(26)12-20(18)25/h5-10,12-14,19H,3-4,11H2,1-2H3. The third kappa shape index (κ3) is 4.26. The Balaban J connectivity index is 1.42. The highest BCUT2D eigenvalue weighted by molar-refractivity contribution is 6.31. The molecule has 1 aliphatic heterocycles. The zero-order valence-corrected chi connectivity index (χ0v) is 19.0. The van der Waals surface area contributed by atoms with Crippen molar-refractivity contribution < 1.29 is 9.13 Å². The van der Waals surface area contributed by atoms with Crippen LogP contribution in [0.2, 0.25) is 5.02 Å². The van der Waals surface area contributed by atoms with Crippen LogP contribution in [0.3, 0.4) is 0 Å². The van der Waals surface area contributed by atoms with Crippen LogP contribution >= 0.6 is 11.6 Å². The van der Waals surface area contributed by atoms with Crippen molar-refractivity contribution in [1.82, 2.24) is 29.3 Å². The number of aryl methyl sites for hydroxylation is 2. The van der Waals surface area contributed by atoms with Crippen molar-refractivity contribution in [3.63, 3.8) is 0 Å². The zero-order chi connectivity index (χ0) is 22.9. The highest BCUT2D eigenvalue weighted by atomic mass is 35.5. The third-order valence-corrected chi connectivity index (χ3v) is 6.00. The van der Waals surface area contributed by atoms with Gasteiger partial charge in [-0.15, -0.1) is 0 Å². The number of pyridine rings is 1. The summed E-state index contributed by atoms with van der Waals surface area (Å²) in [4.78, 5) is 13.6. The summed E-state index contributed by atoms with van der Waals surface area (Å²) in [7, 11) is 1.59. The fourth-order valence-electron chi connectivity index (χ4n) is 4.12. The summed E-state index contributed by atoms with van der Waals surface area (Å²) in [6.45, 7) is 2.72. The molecule has 1 aromatic carbocycles.